The highest BCUT2D eigenvalue weighted by atomic mass is 32.2. The summed E-state index contributed by atoms with van der Waals surface area (Å²) in [5, 5.41) is 0. The molecule has 66 valence electrons. The number of nitrogens with one attached hydrogen (secondary N) is 1. The number of rotatable bonds is 3. The molecule has 0 aliphatic carbocycles. The van der Waals surface area contributed by atoms with Crippen LogP contribution in [0.2, 0.25) is 0 Å². The van der Waals surface area contributed by atoms with Gasteiger partial charge in [0, 0.05) is 18.1 Å². The zero-order valence-corrected chi connectivity index (χ0v) is 7.67. The Hall–Kier alpha value is -0.970. The van der Waals surface area contributed by atoms with E-state index < -0.39 is 9.73 Å². The molecule has 0 fully saturated rings. The summed E-state index contributed by atoms with van der Waals surface area (Å²) in [5.74, 6) is 0.375. The molecule has 0 aromatic carbocycles. The van der Waals surface area contributed by atoms with E-state index in [2.05, 4.69) is 9.97 Å². The number of nitrogens with zero attached hydrogens (tertiary/aromatic N) is 2. The largest absolute Gasteiger partial charge is 0.249 e. The Balaban J connectivity index is 2.99. The number of hydrogen-bond acceptors (Lipinski definition) is 4. The topological polar surface area (TPSA) is 66.7 Å². The molecule has 0 aliphatic heterocycles. The smallest absolute Gasteiger partial charge is 0.115 e. The highest BCUT2D eigenvalue weighted by Crippen LogP contribution is 2.08. The molecule has 1 aromatic heterocycles. The first-order chi connectivity index (χ1) is 5.67. The molecule has 1 aromatic rings. The standard InChI is InChI=1S/C7H11N3OS/c1-2-3-12(8,11)7-4-9-6-10-5-7/h4-6,8H,2-3H2,1H3. The Morgan fingerprint density at radius 3 is 2.58 bits per heavy atom. The van der Waals surface area contributed by atoms with Gasteiger partial charge in [0.1, 0.15) is 6.33 Å². The number of aromatic nitrogens is 2. The van der Waals surface area contributed by atoms with Crippen molar-refractivity contribution in [1.82, 2.24) is 9.97 Å². The fraction of sp³-hybridized carbons (Fsp3) is 0.429. The summed E-state index contributed by atoms with van der Waals surface area (Å²) in [7, 11) is -2.64. The first-order valence-electron chi connectivity index (χ1n) is 3.68. The van der Waals surface area contributed by atoms with Crippen LogP contribution in [0.15, 0.2) is 23.6 Å². The lowest BCUT2D eigenvalue weighted by Gasteiger charge is -2.03. The van der Waals surface area contributed by atoms with E-state index in [-0.39, 0.29) is 0 Å². The monoisotopic (exact) mass is 185 g/mol. The molecule has 0 spiro atoms. The molecule has 0 radical (unpaired) electrons. The van der Waals surface area contributed by atoms with Gasteiger partial charge in [-0.2, -0.15) is 0 Å². The van der Waals surface area contributed by atoms with E-state index in [1.54, 1.807) is 0 Å². The van der Waals surface area contributed by atoms with Crippen molar-refractivity contribution >= 4 is 9.73 Å². The van der Waals surface area contributed by atoms with E-state index in [1.165, 1.54) is 18.7 Å². The van der Waals surface area contributed by atoms with Gasteiger partial charge in [-0.15, -0.1) is 0 Å². The van der Waals surface area contributed by atoms with Crippen molar-refractivity contribution < 1.29 is 4.21 Å². The molecule has 1 rings (SSSR count). The van der Waals surface area contributed by atoms with Gasteiger partial charge in [0.2, 0.25) is 0 Å². The average molecular weight is 185 g/mol. The lowest BCUT2D eigenvalue weighted by Crippen LogP contribution is -2.04. The molecule has 1 N–H and O–H groups in total. The van der Waals surface area contributed by atoms with Crippen LogP contribution in [-0.4, -0.2) is 19.9 Å². The maximum Gasteiger partial charge on any atom is 0.115 e. The van der Waals surface area contributed by atoms with Crippen LogP contribution >= 0.6 is 0 Å². The minimum atomic E-state index is -2.64. The van der Waals surface area contributed by atoms with E-state index >= 15 is 0 Å². The van der Waals surface area contributed by atoms with Gasteiger partial charge in [-0.3, -0.25) is 0 Å². The molecular weight excluding hydrogens is 174 g/mol. The zero-order valence-electron chi connectivity index (χ0n) is 6.86. The summed E-state index contributed by atoms with van der Waals surface area (Å²) < 4.78 is 19.1. The van der Waals surface area contributed by atoms with Crippen LogP contribution in [0.1, 0.15) is 13.3 Å². The SMILES string of the molecule is CCCS(=N)(=O)c1cncnc1. The van der Waals surface area contributed by atoms with Crippen LogP contribution in [0.3, 0.4) is 0 Å². The van der Waals surface area contributed by atoms with Crippen molar-refractivity contribution in [2.75, 3.05) is 5.75 Å². The van der Waals surface area contributed by atoms with Crippen molar-refractivity contribution in [3.8, 4) is 0 Å². The summed E-state index contributed by atoms with van der Waals surface area (Å²) in [5.41, 5.74) is 0. The number of hydrogen-bond donors (Lipinski definition) is 1. The van der Waals surface area contributed by atoms with Crippen molar-refractivity contribution in [3.05, 3.63) is 18.7 Å². The Morgan fingerprint density at radius 2 is 2.08 bits per heavy atom. The molecule has 0 bridgehead atoms. The predicted molar refractivity (Wildman–Crippen MR) is 46.3 cm³/mol. The first-order valence-corrected chi connectivity index (χ1v) is 5.41. The van der Waals surface area contributed by atoms with E-state index in [9.17, 15) is 4.21 Å². The van der Waals surface area contributed by atoms with Gasteiger partial charge < -0.3 is 0 Å². The Morgan fingerprint density at radius 1 is 1.50 bits per heavy atom. The summed E-state index contributed by atoms with van der Waals surface area (Å²) in [6.07, 6.45) is 4.98. The zero-order chi connectivity index (χ0) is 9.03. The molecule has 1 heterocycles. The molecular formula is C7H11N3OS. The maximum atomic E-state index is 11.6. The molecule has 0 saturated carbocycles. The third-order valence-corrected chi connectivity index (χ3v) is 3.36. The van der Waals surface area contributed by atoms with E-state index in [1.807, 2.05) is 6.92 Å². The van der Waals surface area contributed by atoms with Crippen molar-refractivity contribution in [3.63, 3.8) is 0 Å². The molecule has 0 aliphatic rings. The van der Waals surface area contributed by atoms with Gasteiger partial charge in [0.05, 0.1) is 14.6 Å². The normalized spacial score (nSPS) is 15.4. The third kappa shape index (κ3) is 2.01. The lowest BCUT2D eigenvalue weighted by atomic mass is 10.6. The second-order valence-electron chi connectivity index (χ2n) is 2.45. The Labute approximate surface area is 72.0 Å². The molecule has 1 unspecified atom stereocenters. The van der Waals surface area contributed by atoms with Gasteiger partial charge in [0.25, 0.3) is 0 Å². The van der Waals surface area contributed by atoms with Gasteiger partial charge in [0.15, 0.2) is 0 Å². The van der Waals surface area contributed by atoms with Crippen LogP contribution < -0.4 is 0 Å². The minimum Gasteiger partial charge on any atom is -0.249 e. The van der Waals surface area contributed by atoms with E-state index in [4.69, 9.17) is 4.78 Å². The average Bonchev–Trinajstić information content (AvgIpc) is 2.06. The highest BCUT2D eigenvalue weighted by molar-refractivity contribution is 7.92. The summed E-state index contributed by atoms with van der Waals surface area (Å²) in [6.45, 7) is 1.90. The third-order valence-electron chi connectivity index (χ3n) is 1.41. The fourth-order valence-electron chi connectivity index (χ4n) is 0.861. The lowest BCUT2D eigenvalue weighted by molar-refractivity contribution is 0.672. The summed E-state index contributed by atoms with van der Waals surface area (Å²) in [4.78, 5) is 7.87. The first kappa shape index (κ1) is 9.12. The van der Waals surface area contributed by atoms with Crippen molar-refractivity contribution in [1.29, 1.82) is 4.78 Å². The summed E-state index contributed by atoms with van der Waals surface area (Å²) in [6, 6.07) is 0. The van der Waals surface area contributed by atoms with Gasteiger partial charge in [-0.25, -0.2) is 19.0 Å². The van der Waals surface area contributed by atoms with E-state index in [0.717, 1.165) is 6.42 Å². The Kier molecular flexibility index (Phi) is 2.75. The fourth-order valence-corrected chi connectivity index (χ4v) is 2.13. The second-order valence-corrected chi connectivity index (χ2v) is 4.68. The molecule has 1 atom stereocenters. The molecule has 4 nitrogen and oxygen atoms in total. The quantitative estimate of drug-likeness (QED) is 0.771. The van der Waals surface area contributed by atoms with Crippen LogP contribution in [0.4, 0.5) is 0 Å². The Bertz CT molecular complexity index is 333. The van der Waals surface area contributed by atoms with Gasteiger partial charge in [-0.1, -0.05) is 6.92 Å². The second kappa shape index (κ2) is 3.62. The van der Waals surface area contributed by atoms with Crippen LogP contribution in [0.5, 0.6) is 0 Å². The van der Waals surface area contributed by atoms with Crippen LogP contribution in [0, 0.1) is 4.78 Å². The van der Waals surface area contributed by atoms with Gasteiger partial charge in [-0.05, 0) is 6.42 Å². The van der Waals surface area contributed by atoms with Crippen molar-refractivity contribution in [2.45, 2.75) is 18.2 Å². The van der Waals surface area contributed by atoms with E-state index in [0.29, 0.717) is 10.6 Å². The van der Waals surface area contributed by atoms with Crippen molar-refractivity contribution in [2.24, 2.45) is 0 Å². The summed E-state index contributed by atoms with van der Waals surface area (Å²) >= 11 is 0. The highest BCUT2D eigenvalue weighted by Gasteiger charge is 2.08. The molecule has 5 heteroatoms. The molecule has 0 saturated heterocycles. The minimum absolute atomic E-state index is 0.375. The van der Waals surface area contributed by atoms with Crippen LogP contribution in [0.25, 0.3) is 0 Å². The molecule has 12 heavy (non-hydrogen) atoms. The molecule has 0 amide bonds. The van der Waals surface area contributed by atoms with Gasteiger partial charge >= 0.3 is 0 Å². The predicted octanol–water partition coefficient (Wildman–Crippen LogP) is 1.29. The maximum absolute atomic E-state index is 11.6. The van der Waals surface area contributed by atoms with Crippen LogP contribution in [-0.2, 0) is 9.73 Å².